The summed E-state index contributed by atoms with van der Waals surface area (Å²) in [5.74, 6) is 0.805. The van der Waals surface area contributed by atoms with E-state index in [-0.39, 0.29) is 29.7 Å². The van der Waals surface area contributed by atoms with Crippen molar-refractivity contribution < 1.29 is 14.3 Å². The summed E-state index contributed by atoms with van der Waals surface area (Å²) >= 11 is 0. The highest BCUT2D eigenvalue weighted by molar-refractivity contribution is 5.94. The van der Waals surface area contributed by atoms with Gasteiger partial charge in [-0.3, -0.25) is 9.59 Å². The van der Waals surface area contributed by atoms with Gasteiger partial charge >= 0.3 is 5.97 Å². The van der Waals surface area contributed by atoms with E-state index in [0.717, 1.165) is 24.8 Å². The summed E-state index contributed by atoms with van der Waals surface area (Å²) in [5.41, 5.74) is 0.842. The van der Waals surface area contributed by atoms with Crippen LogP contribution in [0.3, 0.4) is 0 Å². The molecule has 3 heteroatoms. The third-order valence-electron chi connectivity index (χ3n) is 4.39. The summed E-state index contributed by atoms with van der Waals surface area (Å²) in [4.78, 5) is 23.5. The molecule has 2 aliphatic rings. The fourth-order valence-electron chi connectivity index (χ4n) is 2.94. The Kier molecular flexibility index (Phi) is 3.88. The highest BCUT2D eigenvalue weighted by atomic mass is 16.6. The van der Waals surface area contributed by atoms with Crippen molar-refractivity contribution in [2.45, 2.75) is 52.6 Å². The first-order valence-corrected chi connectivity index (χ1v) is 6.89. The molecule has 0 aromatic carbocycles. The van der Waals surface area contributed by atoms with Gasteiger partial charge in [0.1, 0.15) is 6.10 Å². The number of Topliss-reactive ketones (excluding diaryl/α,β-unsaturated/α-hetero) is 1. The van der Waals surface area contributed by atoms with E-state index in [0.29, 0.717) is 12.3 Å². The van der Waals surface area contributed by atoms with Gasteiger partial charge < -0.3 is 4.74 Å². The van der Waals surface area contributed by atoms with E-state index >= 15 is 0 Å². The van der Waals surface area contributed by atoms with Crippen LogP contribution in [0.4, 0.5) is 0 Å². The molecule has 0 bridgehead atoms. The Morgan fingerprint density at radius 3 is 2.72 bits per heavy atom. The van der Waals surface area contributed by atoms with Crippen molar-refractivity contribution >= 4 is 11.8 Å². The number of ketones is 1. The molecule has 0 saturated carbocycles. The normalized spacial score (nSPS) is 40.7. The second kappa shape index (κ2) is 5.25. The Hall–Kier alpha value is -1.12. The largest absolute Gasteiger partial charge is 0.462 e. The minimum Gasteiger partial charge on any atom is -0.462 e. The zero-order chi connectivity index (χ0) is 13.3. The van der Waals surface area contributed by atoms with Crippen molar-refractivity contribution in [2.75, 3.05) is 0 Å². The molecule has 1 saturated heterocycles. The van der Waals surface area contributed by atoms with Gasteiger partial charge in [-0.05, 0) is 37.7 Å². The van der Waals surface area contributed by atoms with Crippen LogP contribution in [-0.4, -0.2) is 17.9 Å². The molecule has 4 atom stereocenters. The van der Waals surface area contributed by atoms with Crippen molar-refractivity contribution in [1.82, 2.24) is 0 Å². The number of fused-ring (bicyclic) bond motifs is 1. The molecule has 3 nitrogen and oxygen atoms in total. The van der Waals surface area contributed by atoms with Gasteiger partial charge in [0.2, 0.25) is 0 Å². The number of carbonyl (C=O) groups is 2. The third-order valence-corrected chi connectivity index (χ3v) is 4.39. The number of carbonyl (C=O) groups excluding carboxylic acids is 2. The fraction of sp³-hybridized carbons (Fsp3) is 0.733. The lowest BCUT2D eigenvalue weighted by atomic mass is 9.82. The van der Waals surface area contributed by atoms with Crippen LogP contribution in [-0.2, 0) is 14.3 Å². The molecule has 0 spiro atoms. The highest BCUT2D eigenvalue weighted by Crippen LogP contribution is 2.36. The van der Waals surface area contributed by atoms with Crippen LogP contribution in [0.1, 0.15) is 46.5 Å². The van der Waals surface area contributed by atoms with Crippen molar-refractivity contribution in [3.63, 3.8) is 0 Å². The van der Waals surface area contributed by atoms with Crippen LogP contribution >= 0.6 is 0 Å². The Balaban J connectivity index is 2.21. The maximum atomic E-state index is 11.8. The molecule has 1 fully saturated rings. The van der Waals surface area contributed by atoms with Crippen LogP contribution in [0.25, 0.3) is 0 Å². The first kappa shape index (κ1) is 13.3. The summed E-state index contributed by atoms with van der Waals surface area (Å²) in [5, 5.41) is 0. The highest BCUT2D eigenvalue weighted by Gasteiger charge is 2.41. The number of esters is 1. The van der Waals surface area contributed by atoms with E-state index in [9.17, 15) is 9.59 Å². The monoisotopic (exact) mass is 250 g/mol. The van der Waals surface area contributed by atoms with Gasteiger partial charge in [0, 0.05) is 12.3 Å². The van der Waals surface area contributed by atoms with Gasteiger partial charge in [-0.15, -0.1) is 0 Å². The van der Waals surface area contributed by atoms with Crippen molar-refractivity contribution in [3.05, 3.63) is 11.6 Å². The van der Waals surface area contributed by atoms with Crippen molar-refractivity contribution in [1.29, 1.82) is 0 Å². The number of rotatable bonds is 0. The van der Waals surface area contributed by atoms with E-state index in [4.69, 9.17) is 4.74 Å². The molecule has 18 heavy (non-hydrogen) atoms. The van der Waals surface area contributed by atoms with Crippen LogP contribution in [0.15, 0.2) is 11.6 Å². The molecule has 0 aromatic rings. The van der Waals surface area contributed by atoms with Gasteiger partial charge in [0.25, 0.3) is 0 Å². The van der Waals surface area contributed by atoms with Gasteiger partial charge in [0.05, 0.1) is 5.92 Å². The number of ether oxygens (including phenoxy) is 1. The molecular formula is C15H22O3. The van der Waals surface area contributed by atoms with Gasteiger partial charge in [-0.1, -0.05) is 19.9 Å². The smallest absolute Gasteiger partial charge is 0.309 e. The second-order valence-corrected chi connectivity index (χ2v) is 5.85. The first-order valence-electron chi connectivity index (χ1n) is 6.89. The predicted molar refractivity (Wildman–Crippen MR) is 68.9 cm³/mol. The molecule has 0 amide bonds. The predicted octanol–water partition coefficient (Wildman–Crippen LogP) is 2.89. The maximum Gasteiger partial charge on any atom is 0.309 e. The number of hydrogen-bond donors (Lipinski definition) is 0. The Bertz CT molecular complexity index is 383. The standard InChI is InChI=1S/C15H22O3/c1-9-4-7-13(16)10(2)5-6-12-11(3)15(17)18-14(12)8-9/h5,9,11-12,14H,4,6-8H2,1-3H3/b10-5+/t9-,11+,12-,14-/m1/s1. The SMILES string of the molecule is C/C1=C\C[C@@H]2[C@H](C)C(=O)O[C@@H]2C[C@H](C)CCC1=O. The van der Waals surface area contributed by atoms with Crippen LogP contribution < -0.4 is 0 Å². The van der Waals surface area contributed by atoms with Gasteiger partial charge in [-0.2, -0.15) is 0 Å². The minimum atomic E-state index is -0.0752. The second-order valence-electron chi connectivity index (χ2n) is 5.85. The quantitative estimate of drug-likeness (QED) is 0.621. The average molecular weight is 250 g/mol. The summed E-state index contributed by atoms with van der Waals surface area (Å²) < 4.78 is 5.49. The Labute approximate surface area is 109 Å². The lowest BCUT2D eigenvalue weighted by Crippen LogP contribution is -2.23. The molecular weight excluding hydrogens is 228 g/mol. The molecule has 1 aliphatic heterocycles. The maximum absolute atomic E-state index is 11.8. The number of hydrogen-bond acceptors (Lipinski definition) is 3. The number of allylic oxidation sites excluding steroid dienone is 2. The topological polar surface area (TPSA) is 43.4 Å². The van der Waals surface area contributed by atoms with Crippen LogP contribution in [0, 0.1) is 17.8 Å². The van der Waals surface area contributed by atoms with E-state index < -0.39 is 0 Å². The fourth-order valence-corrected chi connectivity index (χ4v) is 2.94. The third kappa shape index (κ3) is 2.65. The van der Waals surface area contributed by atoms with Crippen LogP contribution in [0.2, 0.25) is 0 Å². The van der Waals surface area contributed by atoms with E-state index in [2.05, 4.69) is 6.92 Å². The summed E-state index contributed by atoms with van der Waals surface area (Å²) in [6.45, 7) is 5.96. The van der Waals surface area contributed by atoms with E-state index in [1.165, 1.54) is 0 Å². The summed E-state index contributed by atoms with van der Waals surface area (Å²) in [6, 6.07) is 0. The van der Waals surface area contributed by atoms with Gasteiger partial charge in [0.15, 0.2) is 5.78 Å². The molecule has 0 N–H and O–H groups in total. The molecule has 1 heterocycles. The summed E-state index contributed by atoms with van der Waals surface area (Å²) in [7, 11) is 0. The first-order chi connectivity index (χ1) is 8.49. The van der Waals surface area contributed by atoms with Crippen LogP contribution in [0.5, 0.6) is 0 Å². The molecule has 0 radical (unpaired) electrons. The van der Waals surface area contributed by atoms with E-state index in [1.807, 2.05) is 19.9 Å². The zero-order valence-electron chi connectivity index (χ0n) is 11.4. The Morgan fingerprint density at radius 1 is 1.28 bits per heavy atom. The summed E-state index contributed by atoms with van der Waals surface area (Å²) in [6.07, 6.45) is 5.21. The van der Waals surface area contributed by atoms with E-state index in [1.54, 1.807) is 0 Å². The average Bonchev–Trinajstić information content (AvgIpc) is 2.58. The minimum absolute atomic E-state index is 0.0409. The van der Waals surface area contributed by atoms with Crippen molar-refractivity contribution in [2.24, 2.45) is 17.8 Å². The molecule has 1 aliphatic carbocycles. The molecule has 100 valence electrons. The zero-order valence-corrected chi connectivity index (χ0v) is 11.4. The lowest BCUT2D eigenvalue weighted by molar-refractivity contribution is -0.144. The van der Waals surface area contributed by atoms with Gasteiger partial charge in [-0.25, -0.2) is 0 Å². The Morgan fingerprint density at radius 2 is 2.00 bits per heavy atom. The molecule has 0 unspecified atom stereocenters. The molecule has 2 rings (SSSR count). The lowest BCUT2D eigenvalue weighted by Gasteiger charge is -2.23. The molecule has 0 aromatic heterocycles. The van der Waals surface area contributed by atoms with Crippen molar-refractivity contribution in [3.8, 4) is 0 Å².